The third kappa shape index (κ3) is 4.90. The van der Waals surface area contributed by atoms with Crippen LogP contribution in [0.4, 0.5) is 17.6 Å². The second-order valence-electron chi connectivity index (χ2n) is 7.42. The summed E-state index contributed by atoms with van der Waals surface area (Å²) in [6, 6.07) is 12.3. The first kappa shape index (κ1) is 25.8. The van der Waals surface area contributed by atoms with E-state index in [0.717, 1.165) is 23.9 Å². The van der Waals surface area contributed by atoms with E-state index < -0.39 is 45.9 Å². The number of halogens is 4. The highest BCUT2D eigenvalue weighted by molar-refractivity contribution is 8.14. The zero-order valence-electron chi connectivity index (χ0n) is 19.3. The quantitative estimate of drug-likeness (QED) is 0.299. The molecule has 1 aliphatic heterocycles. The summed E-state index contributed by atoms with van der Waals surface area (Å²) in [4.78, 5) is 13.5. The first-order valence-electron chi connectivity index (χ1n) is 10.5. The standard InChI is InChI=1S/C25H17F4N3O4S/c1-34-18-5-3-4-15(21(18)36-11-10-30)25-32(31-23(37-25)13-6-8-14(26)9-7-13)24(33)16-12-17(27)20(29)22(35-2)19(16)28/h3-9,12,25H,11H2,1-2H3. The number of methoxy groups -OCH3 is 2. The van der Waals surface area contributed by atoms with E-state index in [1.54, 1.807) is 18.2 Å². The number of nitriles is 1. The maximum Gasteiger partial charge on any atom is 0.278 e. The van der Waals surface area contributed by atoms with Crippen molar-refractivity contribution in [1.82, 2.24) is 5.01 Å². The SMILES string of the molecule is COc1cccc(C2SC(c3ccc(F)cc3)=NN2C(=O)c2cc(F)c(F)c(OC)c2F)c1OCC#N. The highest BCUT2D eigenvalue weighted by Crippen LogP contribution is 2.48. The molecule has 1 unspecified atom stereocenters. The lowest BCUT2D eigenvalue weighted by Gasteiger charge is -2.24. The molecule has 1 aliphatic rings. The number of hydrogen-bond acceptors (Lipinski definition) is 7. The van der Waals surface area contributed by atoms with Crippen LogP contribution in [0.5, 0.6) is 17.2 Å². The number of rotatable bonds is 7. The molecule has 12 heteroatoms. The van der Waals surface area contributed by atoms with Crippen LogP contribution in [0.25, 0.3) is 0 Å². The number of carbonyl (C=O) groups is 1. The van der Waals surface area contributed by atoms with Gasteiger partial charge in [0.15, 0.2) is 35.5 Å². The van der Waals surface area contributed by atoms with Gasteiger partial charge in [0.25, 0.3) is 5.91 Å². The molecule has 37 heavy (non-hydrogen) atoms. The lowest BCUT2D eigenvalue weighted by atomic mass is 10.1. The topological polar surface area (TPSA) is 84.2 Å². The van der Waals surface area contributed by atoms with E-state index in [0.29, 0.717) is 17.2 Å². The maximum atomic E-state index is 15.0. The van der Waals surface area contributed by atoms with E-state index in [9.17, 15) is 18.0 Å². The summed E-state index contributed by atoms with van der Waals surface area (Å²) in [5.74, 6) is -6.78. The van der Waals surface area contributed by atoms with Crippen molar-refractivity contribution < 1.29 is 36.6 Å². The summed E-state index contributed by atoms with van der Waals surface area (Å²) < 4.78 is 72.3. The molecule has 0 aliphatic carbocycles. The molecule has 3 aromatic carbocycles. The van der Waals surface area contributed by atoms with E-state index in [1.165, 1.54) is 31.4 Å². The Balaban J connectivity index is 1.86. The Morgan fingerprint density at radius 1 is 1.05 bits per heavy atom. The highest BCUT2D eigenvalue weighted by atomic mass is 32.2. The van der Waals surface area contributed by atoms with Gasteiger partial charge in [0, 0.05) is 11.1 Å². The molecule has 0 N–H and O–H groups in total. The van der Waals surface area contributed by atoms with Crippen LogP contribution in [-0.2, 0) is 0 Å². The zero-order chi connectivity index (χ0) is 26.7. The summed E-state index contributed by atoms with van der Waals surface area (Å²) in [7, 11) is 2.32. The van der Waals surface area contributed by atoms with E-state index >= 15 is 4.39 Å². The molecule has 0 saturated heterocycles. The average Bonchev–Trinajstić information content (AvgIpc) is 3.35. The normalized spacial score (nSPS) is 14.7. The fourth-order valence-corrected chi connectivity index (χ4v) is 4.75. The monoisotopic (exact) mass is 531 g/mol. The smallest absolute Gasteiger partial charge is 0.278 e. The number of nitrogens with zero attached hydrogens (tertiary/aromatic N) is 3. The lowest BCUT2D eigenvalue weighted by Crippen LogP contribution is -2.28. The minimum Gasteiger partial charge on any atom is -0.493 e. The average molecular weight is 531 g/mol. The summed E-state index contributed by atoms with van der Waals surface area (Å²) in [6.45, 7) is -0.348. The van der Waals surface area contributed by atoms with Gasteiger partial charge in [0.05, 0.1) is 19.8 Å². The van der Waals surface area contributed by atoms with E-state index in [1.807, 2.05) is 6.07 Å². The van der Waals surface area contributed by atoms with Crippen molar-refractivity contribution in [3.63, 3.8) is 0 Å². The Labute approximate surface area is 212 Å². The first-order chi connectivity index (χ1) is 17.8. The molecular formula is C25H17F4N3O4S. The summed E-state index contributed by atoms with van der Waals surface area (Å²) in [5, 5.41) is 13.4. The summed E-state index contributed by atoms with van der Waals surface area (Å²) >= 11 is 1.04. The minimum absolute atomic E-state index is 0.126. The number of para-hydroxylation sites is 1. The second kappa shape index (κ2) is 10.8. The van der Waals surface area contributed by atoms with Crippen LogP contribution in [0.15, 0.2) is 53.6 Å². The van der Waals surface area contributed by atoms with Crippen LogP contribution in [0.2, 0.25) is 0 Å². The van der Waals surface area contributed by atoms with Crippen molar-refractivity contribution in [3.05, 3.63) is 88.5 Å². The molecule has 0 radical (unpaired) electrons. The van der Waals surface area contributed by atoms with Gasteiger partial charge in [0.2, 0.25) is 5.82 Å². The van der Waals surface area contributed by atoms with E-state index in [2.05, 4.69) is 9.84 Å². The Morgan fingerprint density at radius 2 is 1.78 bits per heavy atom. The number of ether oxygens (including phenoxy) is 3. The molecule has 7 nitrogen and oxygen atoms in total. The Hall–Kier alpha value is -4.24. The third-order valence-electron chi connectivity index (χ3n) is 5.27. The fourth-order valence-electron chi connectivity index (χ4n) is 3.58. The number of carbonyl (C=O) groups excluding carboxylic acids is 1. The number of hydrazone groups is 1. The Bertz CT molecular complexity index is 1430. The van der Waals surface area contributed by atoms with Crippen LogP contribution in [0.3, 0.4) is 0 Å². The molecule has 0 bridgehead atoms. The highest BCUT2D eigenvalue weighted by Gasteiger charge is 2.39. The third-order valence-corrected chi connectivity index (χ3v) is 6.49. The molecule has 190 valence electrons. The van der Waals surface area contributed by atoms with Gasteiger partial charge < -0.3 is 14.2 Å². The molecule has 0 aromatic heterocycles. The van der Waals surface area contributed by atoms with E-state index in [4.69, 9.17) is 14.7 Å². The molecule has 0 fully saturated rings. The van der Waals surface area contributed by atoms with E-state index in [-0.39, 0.29) is 23.1 Å². The molecule has 1 heterocycles. The molecule has 1 amide bonds. The predicted octanol–water partition coefficient (Wildman–Crippen LogP) is 5.41. The van der Waals surface area contributed by atoms with Gasteiger partial charge in [-0.3, -0.25) is 4.79 Å². The Kier molecular flexibility index (Phi) is 7.54. The van der Waals surface area contributed by atoms with Crippen LogP contribution in [-0.4, -0.2) is 36.8 Å². The second-order valence-corrected chi connectivity index (χ2v) is 8.49. The zero-order valence-corrected chi connectivity index (χ0v) is 20.1. The Morgan fingerprint density at radius 3 is 2.43 bits per heavy atom. The predicted molar refractivity (Wildman–Crippen MR) is 126 cm³/mol. The molecule has 4 rings (SSSR count). The van der Waals surface area contributed by atoms with Crippen molar-refractivity contribution in [2.45, 2.75) is 5.37 Å². The van der Waals surface area contributed by atoms with Crippen molar-refractivity contribution in [3.8, 4) is 23.3 Å². The minimum atomic E-state index is -1.58. The van der Waals surface area contributed by atoms with Crippen LogP contribution < -0.4 is 14.2 Å². The molecule has 0 saturated carbocycles. The summed E-state index contributed by atoms with van der Waals surface area (Å²) in [6.07, 6.45) is 0. The van der Waals surface area contributed by atoms with Crippen molar-refractivity contribution in [2.75, 3.05) is 20.8 Å². The molecule has 0 spiro atoms. The summed E-state index contributed by atoms with van der Waals surface area (Å²) in [5.41, 5.74) is -0.0611. The number of benzene rings is 3. The van der Waals surface area contributed by atoms with Crippen molar-refractivity contribution in [1.29, 1.82) is 5.26 Å². The fraction of sp³-hybridized carbons (Fsp3) is 0.160. The van der Waals surface area contributed by atoms with Gasteiger partial charge in [-0.2, -0.15) is 14.8 Å². The van der Waals surface area contributed by atoms with Crippen LogP contribution >= 0.6 is 11.8 Å². The number of hydrogen-bond donors (Lipinski definition) is 0. The number of amides is 1. The van der Waals surface area contributed by atoms with Gasteiger partial charge in [0.1, 0.15) is 22.3 Å². The maximum absolute atomic E-state index is 15.0. The van der Waals surface area contributed by atoms with Gasteiger partial charge >= 0.3 is 0 Å². The lowest BCUT2D eigenvalue weighted by molar-refractivity contribution is 0.0741. The molecule has 1 atom stereocenters. The van der Waals surface area contributed by atoms with Crippen LogP contribution in [0, 0.1) is 34.6 Å². The van der Waals surface area contributed by atoms with Crippen molar-refractivity contribution >= 4 is 22.7 Å². The number of thioether (sulfide) groups is 1. The van der Waals surface area contributed by atoms with Crippen LogP contribution in [0.1, 0.15) is 26.9 Å². The largest absolute Gasteiger partial charge is 0.493 e. The van der Waals surface area contributed by atoms with Gasteiger partial charge in [-0.15, -0.1) is 0 Å². The molecule has 3 aromatic rings. The van der Waals surface area contributed by atoms with Gasteiger partial charge in [-0.25, -0.2) is 18.2 Å². The van der Waals surface area contributed by atoms with Gasteiger partial charge in [-0.1, -0.05) is 23.9 Å². The first-order valence-corrected chi connectivity index (χ1v) is 11.4. The van der Waals surface area contributed by atoms with Crippen molar-refractivity contribution in [2.24, 2.45) is 5.10 Å². The van der Waals surface area contributed by atoms with Gasteiger partial charge in [-0.05, 0) is 36.4 Å². The molecular weight excluding hydrogens is 514 g/mol.